The summed E-state index contributed by atoms with van der Waals surface area (Å²) in [6.07, 6.45) is 1.46. The first-order valence-corrected chi connectivity index (χ1v) is 9.53. The van der Waals surface area contributed by atoms with E-state index in [4.69, 9.17) is 9.47 Å². The molecule has 3 rings (SSSR count). The van der Waals surface area contributed by atoms with Crippen molar-refractivity contribution in [2.24, 2.45) is 5.92 Å². The van der Waals surface area contributed by atoms with Crippen LogP contribution < -0.4 is 0 Å². The van der Waals surface area contributed by atoms with Gasteiger partial charge < -0.3 is 14.4 Å². The average Bonchev–Trinajstić information content (AvgIpc) is 3.01. The number of ether oxygens (including phenoxy) is 2. The Balaban J connectivity index is 1.90. The number of fused-ring (bicyclic) bond motifs is 1. The average molecular weight is 379 g/mol. The number of rotatable bonds is 5. The SMILES string of the molecule is CCOC(=O)C1CCCN(C(=O)c2sc3cccc(F)c3c2COC)C1. The summed E-state index contributed by atoms with van der Waals surface area (Å²) in [6, 6.07) is 4.83. The lowest BCUT2D eigenvalue weighted by molar-refractivity contribution is -0.149. The molecular formula is C19H22FNO4S. The summed E-state index contributed by atoms with van der Waals surface area (Å²) in [6.45, 7) is 3.18. The molecule has 1 aliphatic rings. The zero-order valence-corrected chi connectivity index (χ0v) is 15.7. The first kappa shape index (κ1) is 18.8. The first-order valence-electron chi connectivity index (χ1n) is 8.71. The Bertz CT molecular complexity index is 819. The fourth-order valence-electron chi connectivity index (χ4n) is 3.38. The van der Waals surface area contributed by atoms with Crippen LogP contribution in [0.2, 0.25) is 0 Å². The van der Waals surface area contributed by atoms with Gasteiger partial charge in [0.25, 0.3) is 5.91 Å². The highest BCUT2D eigenvalue weighted by atomic mass is 32.1. The van der Waals surface area contributed by atoms with Crippen LogP contribution in [0.15, 0.2) is 18.2 Å². The number of halogens is 1. The molecule has 1 atom stereocenters. The third kappa shape index (κ3) is 3.59. The second-order valence-electron chi connectivity index (χ2n) is 6.30. The zero-order chi connectivity index (χ0) is 18.7. The molecule has 0 N–H and O–H groups in total. The molecule has 1 amide bonds. The van der Waals surface area contributed by atoms with Gasteiger partial charge in [-0.3, -0.25) is 9.59 Å². The number of piperidine rings is 1. The van der Waals surface area contributed by atoms with E-state index in [1.54, 1.807) is 24.0 Å². The lowest BCUT2D eigenvalue weighted by Crippen LogP contribution is -2.42. The van der Waals surface area contributed by atoms with Gasteiger partial charge in [0, 0.05) is 35.8 Å². The third-order valence-corrected chi connectivity index (χ3v) is 5.76. The second-order valence-corrected chi connectivity index (χ2v) is 7.35. The molecule has 2 heterocycles. The van der Waals surface area contributed by atoms with Crippen LogP contribution in [0.25, 0.3) is 10.1 Å². The van der Waals surface area contributed by atoms with Crippen molar-refractivity contribution < 1.29 is 23.5 Å². The first-order chi connectivity index (χ1) is 12.6. The molecule has 1 fully saturated rings. The Morgan fingerprint density at radius 2 is 2.19 bits per heavy atom. The van der Waals surface area contributed by atoms with E-state index in [0.717, 1.165) is 11.1 Å². The van der Waals surface area contributed by atoms with E-state index < -0.39 is 0 Å². The summed E-state index contributed by atoms with van der Waals surface area (Å²) in [4.78, 5) is 27.3. The summed E-state index contributed by atoms with van der Waals surface area (Å²) < 4.78 is 25.3. The van der Waals surface area contributed by atoms with Gasteiger partial charge in [-0.1, -0.05) is 6.07 Å². The predicted octanol–water partition coefficient (Wildman–Crippen LogP) is 3.60. The van der Waals surface area contributed by atoms with Gasteiger partial charge >= 0.3 is 5.97 Å². The van der Waals surface area contributed by atoms with E-state index in [1.807, 2.05) is 0 Å². The number of carbonyl (C=O) groups is 2. The minimum absolute atomic E-state index is 0.164. The quantitative estimate of drug-likeness (QED) is 0.745. The van der Waals surface area contributed by atoms with Gasteiger partial charge in [0.05, 0.1) is 24.0 Å². The lowest BCUT2D eigenvalue weighted by atomic mass is 9.98. The fourth-order valence-corrected chi connectivity index (χ4v) is 4.57. The van der Waals surface area contributed by atoms with E-state index in [1.165, 1.54) is 24.5 Å². The number of thiophene rings is 1. The molecule has 1 aromatic carbocycles. The van der Waals surface area contributed by atoms with Crippen molar-refractivity contribution in [1.29, 1.82) is 0 Å². The summed E-state index contributed by atoms with van der Waals surface area (Å²) in [7, 11) is 1.52. The molecule has 1 unspecified atom stereocenters. The highest BCUT2D eigenvalue weighted by Gasteiger charge is 2.32. The molecule has 26 heavy (non-hydrogen) atoms. The lowest BCUT2D eigenvalue weighted by Gasteiger charge is -2.31. The van der Waals surface area contributed by atoms with Crippen molar-refractivity contribution in [3.8, 4) is 0 Å². The number of hydrogen-bond donors (Lipinski definition) is 0. The maximum absolute atomic E-state index is 14.3. The number of carbonyl (C=O) groups excluding carboxylic acids is 2. The van der Waals surface area contributed by atoms with Crippen LogP contribution in [-0.2, 0) is 20.9 Å². The van der Waals surface area contributed by atoms with Crippen molar-refractivity contribution in [1.82, 2.24) is 4.90 Å². The molecule has 0 radical (unpaired) electrons. The number of likely N-dealkylation sites (tertiary alicyclic amines) is 1. The van der Waals surface area contributed by atoms with Gasteiger partial charge in [-0.05, 0) is 31.9 Å². The van der Waals surface area contributed by atoms with Crippen LogP contribution in [0, 0.1) is 11.7 Å². The standard InChI is InChI=1S/C19H22FNO4S/c1-3-25-19(23)12-6-5-9-21(10-12)18(22)17-13(11-24-2)16-14(20)7-4-8-15(16)26-17/h4,7-8,12H,3,5-6,9-11H2,1-2H3. The van der Waals surface area contributed by atoms with E-state index in [0.29, 0.717) is 41.9 Å². The Kier molecular flexibility index (Phi) is 5.88. The smallest absolute Gasteiger partial charge is 0.310 e. The van der Waals surface area contributed by atoms with Crippen molar-refractivity contribution in [3.63, 3.8) is 0 Å². The van der Waals surface area contributed by atoms with Gasteiger partial charge in [0.2, 0.25) is 0 Å². The van der Waals surface area contributed by atoms with Crippen molar-refractivity contribution in [2.45, 2.75) is 26.4 Å². The van der Waals surface area contributed by atoms with Crippen LogP contribution in [0.4, 0.5) is 4.39 Å². The molecule has 1 aliphatic heterocycles. The van der Waals surface area contributed by atoms with Gasteiger partial charge in [-0.15, -0.1) is 11.3 Å². The molecule has 1 aromatic heterocycles. The maximum atomic E-state index is 14.3. The van der Waals surface area contributed by atoms with Crippen LogP contribution in [0.1, 0.15) is 35.0 Å². The number of nitrogens with zero attached hydrogens (tertiary/aromatic N) is 1. The molecule has 0 saturated carbocycles. The van der Waals surface area contributed by atoms with Gasteiger partial charge in [0.15, 0.2) is 0 Å². The molecule has 2 aromatic rings. The number of amides is 1. The minimum Gasteiger partial charge on any atom is -0.466 e. The largest absolute Gasteiger partial charge is 0.466 e. The Morgan fingerprint density at radius 3 is 2.92 bits per heavy atom. The van der Waals surface area contributed by atoms with Crippen LogP contribution in [0.3, 0.4) is 0 Å². The number of hydrogen-bond acceptors (Lipinski definition) is 5. The van der Waals surface area contributed by atoms with E-state index in [9.17, 15) is 14.0 Å². The monoisotopic (exact) mass is 379 g/mol. The topological polar surface area (TPSA) is 55.8 Å². The molecule has 0 spiro atoms. The maximum Gasteiger partial charge on any atom is 0.310 e. The fraction of sp³-hybridized carbons (Fsp3) is 0.474. The Labute approximate surface area is 155 Å². The third-order valence-electron chi connectivity index (χ3n) is 4.57. The predicted molar refractivity (Wildman–Crippen MR) is 97.8 cm³/mol. The highest BCUT2D eigenvalue weighted by Crippen LogP contribution is 2.35. The highest BCUT2D eigenvalue weighted by molar-refractivity contribution is 7.21. The van der Waals surface area contributed by atoms with Gasteiger partial charge in [0.1, 0.15) is 5.82 Å². The van der Waals surface area contributed by atoms with Crippen molar-refractivity contribution in [3.05, 3.63) is 34.5 Å². The summed E-state index contributed by atoms with van der Waals surface area (Å²) >= 11 is 1.27. The van der Waals surface area contributed by atoms with Crippen LogP contribution >= 0.6 is 11.3 Å². The zero-order valence-electron chi connectivity index (χ0n) is 14.9. The minimum atomic E-state index is -0.354. The van der Waals surface area contributed by atoms with Gasteiger partial charge in [-0.25, -0.2) is 4.39 Å². The molecule has 0 bridgehead atoms. The summed E-state index contributed by atoms with van der Waals surface area (Å²) in [5.41, 5.74) is 0.578. The van der Waals surface area contributed by atoms with E-state index in [2.05, 4.69) is 0 Å². The van der Waals surface area contributed by atoms with E-state index in [-0.39, 0.29) is 30.2 Å². The molecule has 1 saturated heterocycles. The normalized spacial score (nSPS) is 17.5. The molecule has 0 aliphatic carbocycles. The molecule has 7 heteroatoms. The van der Waals surface area contributed by atoms with Crippen molar-refractivity contribution in [2.75, 3.05) is 26.8 Å². The summed E-state index contributed by atoms with van der Waals surface area (Å²) in [5.74, 6) is -1.09. The summed E-state index contributed by atoms with van der Waals surface area (Å²) in [5, 5.41) is 0.446. The number of esters is 1. The Hall–Kier alpha value is -1.99. The molecular weight excluding hydrogens is 357 g/mol. The van der Waals surface area contributed by atoms with Crippen LogP contribution in [-0.4, -0.2) is 43.6 Å². The molecule has 140 valence electrons. The van der Waals surface area contributed by atoms with Crippen molar-refractivity contribution >= 4 is 33.3 Å². The number of methoxy groups -OCH3 is 1. The molecule has 5 nitrogen and oxygen atoms in total. The Morgan fingerprint density at radius 1 is 1.38 bits per heavy atom. The second kappa shape index (κ2) is 8.14. The van der Waals surface area contributed by atoms with Gasteiger partial charge in [-0.2, -0.15) is 0 Å². The van der Waals surface area contributed by atoms with Crippen LogP contribution in [0.5, 0.6) is 0 Å². The van der Waals surface area contributed by atoms with E-state index >= 15 is 0 Å². The number of benzene rings is 1.